The van der Waals surface area contributed by atoms with E-state index < -0.39 is 0 Å². The molecule has 4 heteroatoms. The molecule has 0 atom stereocenters. The van der Waals surface area contributed by atoms with Crippen LogP contribution in [-0.4, -0.2) is 24.0 Å². The van der Waals surface area contributed by atoms with E-state index in [0.717, 1.165) is 25.1 Å². The normalized spacial score (nSPS) is 9.70. The van der Waals surface area contributed by atoms with Gasteiger partial charge in [-0.2, -0.15) is 11.8 Å². The highest BCUT2D eigenvalue weighted by Gasteiger charge is 1.92. The molecule has 0 aliphatic heterocycles. The van der Waals surface area contributed by atoms with Gasteiger partial charge in [-0.25, -0.2) is 0 Å². The number of nitrogens with two attached hydrogens (primary N) is 2. The molecule has 4 N–H and O–H groups in total. The van der Waals surface area contributed by atoms with Crippen molar-refractivity contribution in [2.24, 2.45) is 11.5 Å². The number of rotatable bonds is 6. The zero-order valence-electron chi connectivity index (χ0n) is 6.01. The van der Waals surface area contributed by atoms with Gasteiger partial charge in [0.1, 0.15) is 0 Å². The van der Waals surface area contributed by atoms with Crippen LogP contribution in [0.4, 0.5) is 0 Å². The fraction of sp³-hybridized carbons (Fsp3) is 0.833. The van der Waals surface area contributed by atoms with E-state index in [0.29, 0.717) is 5.75 Å². The fourth-order valence-electron chi connectivity index (χ4n) is 0.521. The van der Waals surface area contributed by atoms with Gasteiger partial charge in [0.25, 0.3) is 0 Å². The molecule has 1 amide bonds. The predicted octanol–water partition coefficient (Wildman–Crippen LogP) is -0.0562. The molecule has 10 heavy (non-hydrogen) atoms. The van der Waals surface area contributed by atoms with Crippen LogP contribution in [0.3, 0.4) is 0 Å². The summed E-state index contributed by atoms with van der Waals surface area (Å²) in [4.78, 5) is 10.2. The van der Waals surface area contributed by atoms with Crippen molar-refractivity contribution in [1.29, 1.82) is 0 Å². The third kappa shape index (κ3) is 7.78. The Hall–Kier alpha value is -0.220. The number of hydrogen-bond donors (Lipinski definition) is 2. The maximum absolute atomic E-state index is 10.2. The molecule has 0 radical (unpaired) electrons. The first-order valence-electron chi connectivity index (χ1n) is 3.33. The lowest BCUT2D eigenvalue weighted by atomic mass is 10.3. The second kappa shape index (κ2) is 6.89. The topological polar surface area (TPSA) is 69.1 Å². The van der Waals surface area contributed by atoms with E-state index in [1.165, 1.54) is 0 Å². The summed E-state index contributed by atoms with van der Waals surface area (Å²) >= 11 is 1.57. The molecule has 0 bridgehead atoms. The van der Waals surface area contributed by atoms with Gasteiger partial charge >= 0.3 is 0 Å². The average molecular weight is 162 g/mol. The molecule has 3 nitrogen and oxygen atoms in total. The van der Waals surface area contributed by atoms with Crippen LogP contribution in [0, 0.1) is 0 Å². The van der Waals surface area contributed by atoms with Crippen LogP contribution >= 0.6 is 11.8 Å². The number of amides is 1. The summed E-state index contributed by atoms with van der Waals surface area (Å²) < 4.78 is 0. The molecule has 0 spiro atoms. The Balaban J connectivity index is 2.84. The summed E-state index contributed by atoms with van der Waals surface area (Å²) in [6.07, 6.45) is 2.11. The van der Waals surface area contributed by atoms with E-state index >= 15 is 0 Å². The maximum Gasteiger partial charge on any atom is 0.227 e. The monoisotopic (exact) mass is 162 g/mol. The number of unbranched alkanes of at least 4 members (excludes halogenated alkanes) is 1. The lowest BCUT2D eigenvalue weighted by Crippen LogP contribution is -2.13. The number of primary amides is 1. The van der Waals surface area contributed by atoms with Gasteiger partial charge in [0.05, 0.1) is 5.75 Å². The van der Waals surface area contributed by atoms with E-state index in [2.05, 4.69) is 0 Å². The van der Waals surface area contributed by atoms with E-state index in [9.17, 15) is 4.79 Å². The van der Waals surface area contributed by atoms with E-state index in [1.807, 2.05) is 0 Å². The van der Waals surface area contributed by atoms with Crippen molar-refractivity contribution >= 4 is 17.7 Å². The van der Waals surface area contributed by atoms with Crippen molar-refractivity contribution in [2.75, 3.05) is 18.1 Å². The third-order valence-electron chi connectivity index (χ3n) is 0.987. The lowest BCUT2D eigenvalue weighted by molar-refractivity contribution is -0.115. The van der Waals surface area contributed by atoms with Crippen LogP contribution < -0.4 is 11.5 Å². The van der Waals surface area contributed by atoms with Crippen molar-refractivity contribution < 1.29 is 4.79 Å². The minimum Gasteiger partial charge on any atom is -0.369 e. The minimum absolute atomic E-state index is 0.238. The molecule has 0 heterocycles. The Bertz CT molecular complexity index is 97.7. The summed E-state index contributed by atoms with van der Waals surface area (Å²) in [6, 6.07) is 0. The summed E-state index contributed by atoms with van der Waals surface area (Å²) in [6.45, 7) is 0.733. The molecule has 0 saturated carbocycles. The molecule has 0 unspecified atom stereocenters. The summed E-state index contributed by atoms with van der Waals surface area (Å²) in [5.74, 6) is 1.18. The van der Waals surface area contributed by atoms with Gasteiger partial charge in [0.2, 0.25) is 5.91 Å². The Labute approximate surface area is 65.5 Å². The Morgan fingerprint density at radius 1 is 1.40 bits per heavy atom. The highest BCUT2D eigenvalue weighted by atomic mass is 32.2. The number of carbonyl (C=O) groups excluding carboxylic acids is 1. The molecule has 0 aliphatic carbocycles. The number of hydrogen-bond acceptors (Lipinski definition) is 3. The summed E-state index contributed by atoms with van der Waals surface area (Å²) in [7, 11) is 0. The van der Waals surface area contributed by atoms with Crippen molar-refractivity contribution in [3.63, 3.8) is 0 Å². The smallest absolute Gasteiger partial charge is 0.227 e. The van der Waals surface area contributed by atoms with Crippen LogP contribution in [0.15, 0.2) is 0 Å². The Morgan fingerprint density at radius 2 is 2.10 bits per heavy atom. The van der Waals surface area contributed by atoms with Crippen molar-refractivity contribution in [3.05, 3.63) is 0 Å². The van der Waals surface area contributed by atoms with Crippen molar-refractivity contribution in [3.8, 4) is 0 Å². The summed E-state index contributed by atoms with van der Waals surface area (Å²) in [5.41, 5.74) is 10.2. The first-order chi connectivity index (χ1) is 4.77. The zero-order chi connectivity index (χ0) is 7.82. The molecule has 0 aromatic heterocycles. The van der Waals surface area contributed by atoms with E-state index in [4.69, 9.17) is 11.5 Å². The second-order valence-electron chi connectivity index (χ2n) is 2.01. The molecule has 60 valence electrons. The molecular formula is C6H14N2OS. The van der Waals surface area contributed by atoms with Crippen LogP contribution in [0.2, 0.25) is 0 Å². The van der Waals surface area contributed by atoms with Gasteiger partial charge in [-0.3, -0.25) is 4.79 Å². The minimum atomic E-state index is -0.238. The largest absolute Gasteiger partial charge is 0.369 e. The fourth-order valence-corrected chi connectivity index (χ4v) is 1.27. The highest BCUT2D eigenvalue weighted by Crippen LogP contribution is 2.02. The van der Waals surface area contributed by atoms with Crippen LogP contribution in [0.1, 0.15) is 12.8 Å². The van der Waals surface area contributed by atoms with Crippen molar-refractivity contribution in [2.45, 2.75) is 12.8 Å². The Morgan fingerprint density at radius 3 is 2.60 bits per heavy atom. The van der Waals surface area contributed by atoms with Gasteiger partial charge < -0.3 is 11.5 Å². The van der Waals surface area contributed by atoms with Crippen LogP contribution in [-0.2, 0) is 4.79 Å². The first kappa shape index (κ1) is 9.78. The number of thioether (sulfide) groups is 1. The quantitative estimate of drug-likeness (QED) is 0.538. The molecular weight excluding hydrogens is 148 g/mol. The molecule has 0 saturated heterocycles. The van der Waals surface area contributed by atoms with Gasteiger partial charge in [0, 0.05) is 0 Å². The van der Waals surface area contributed by atoms with Gasteiger partial charge in [0.15, 0.2) is 0 Å². The average Bonchev–Trinajstić information content (AvgIpc) is 1.87. The summed E-state index contributed by atoms with van der Waals surface area (Å²) in [5, 5.41) is 0. The number of carbonyl (C=O) groups is 1. The molecule has 0 aromatic rings. The van der Waals surface area contributed by atoms with Gasteiger partial charge in [-0.15, -0.1) is 0 Å². The molecule has 0 fully saturated rings. The van der Waals surface area contributed by atoms with Gasteiger partial charge in [-0.05, 0) is 25.1 Å². The van der Waals surface area contributed by atoms with Crippen LogP contribution in [0.25, 0.3) is 0 Å². The maximum atomic E-state index is 10.2. The third-order valence-corrected chi connectivity index (χ3v) is 2.05. The Kier molecular flexibility index (Phi) is 6.74. The predicted molar refractivity (Wildman–Crippen MR) is 44.8 cm³/mol. The highest BCUT2D eigenvalue weighted by molar-refractivity contribution is 7.99. The van der Waals surface area contributed by atoms with Crippen LogP contribution in [0.5, 0.6) is 0 Å². The molecule has 0 aromatic carbocycles. The van der Waals surface area contributed by atoms with Crippen molar-refractivity contribution in [1.82, 2.24) is 0 Å². The van der Waals surface area contributed by atoms with Gasteiger partial charge in [-0.1, -0.05) is 0 Å². The molecule has 0 aliphatic rings. The van der Waals surface area contributed by atoms with E-state index in [-0.39, 0.29) is 5.91 Å². The first-order valence-corrected chi connectivity index (χ1v) is 4.49. The zero-order valence-corrected chi connectivity index (χ0v) is 6.82. The second-order valence-corrected chi connectivity index (χ2v) is 3.12. The van der Waals surface area contributed by atoms with E-state index in [1.54, 1.807) is 11.8 Å². The SMILES string of the molecule is NCCCCSCC(N)=O. The molecule has 0 rings (SSSR count). The standard InChI is InChI=1S/C6H14N2OS/c7-3-1-2-4-10-5-6(8)9/h1-5,7H2,(H2,8,9). The lowest BCUT2D eigenvalue weighted by Gasteiger charge is -1.96.